The third-order valence-electron chi connectivity index (χ3n) is 2.27. The second-order valence-corrected chi connectivity index (χ2v) is 4.77. The molecule has 3 N–H and O–H groups in total. The molecule has 1 aromatic heterocycles. The Morgan fingerprint density at radius 2 is 2.06 bits per heavy atom. The zero-order valence-electron chi connectivity index (χ0n) is 8.80. The van der Waals surface area contributed by atoms with Gasteiger partial charge in [0, 0.05) is 22.4 Å². The first-order valence-electron chi connectivity index (χ1n) is 4.37. The summed E-state index contributed by atoms with van der Waals surface area (Å²) in [5.41, 5.74) is -0.215. The molecule has 0 spiro atoms. The van der Waals surface area contributed by atoms with Crippen LogP contribution in [0.1, 0.15) is 15.9 Å². The Labute approximate surface area is 117 Å². The van der Waals surface area contributed by atoms with E-state index in [1.807, 2.05) is 0 Å². The Morgan fingerprint density at radius 3 is 2.56 bits per heavy atom. The maximum atomic E-state index is 11.1. The number of benzene rings is 1. The molecule has 18 heavy (non-hydrogen) atoms. The van der Waals surface area contributed by atoms with Crippen molar-refractivity contribution in [1.82, 2.24) is 15.4 Å². The summed E-state index contributed by atoms with van der Waals surface area (Å²) in [5, 5.41) is 18.1. The Kier molecular flexibility index (Phi) is 3.93. The van der Waals surface area contributed by atoms with Gasteiger partial charge in [0.2, 0.25) is 0 Å². The van der Waals surface area contributed by atoms with Crippen molar-refractivity contribution in [3.63, 3.8) is 0 Å². The number of carboxylic acids is 1. The summed E-state index contributed by atoms with van der Waals surface area (Å²) in [6.45, 7) is 1.41. The van der Waals surface area contributed by atoms with Crippen LogP contribution in [-0.2, 0) is 32.5 Å². The normalized spacial score (nSPS) is 11.2. The standard InChI is InChI=1S/C8H7N3O5S.Ag/c1-3-2-4(17(14,15)16)6-7(10-11-9-6)5(3)8(12)13;/h2H,1H3,(H,12,13)(H,9,10,11)(H,14,15,16);. The van der Waals surface area contributed by atoms with Crippen LogP contribution in [0.2, 0.25) is 0 Å². The number of nitrogens with one attached hydrogen (secondary N) is 1. The van der Waals surface area contributed by atoms with Gasteiger partial charge in [0.1, 0.15) is 15.9 Å². The van der Waals surface area contributed by atoms with E-state index < -0.39 is 21.0 Å². The zero-order chi connectivity index (χ0) is 12.8. The minimum atomic E-state index is -4.47. The number of hydrogen-bond acceptors (Lipinski definition) is 5. The van der Waals surface area contributed by atoms with Crippen LogP contribution in [0.5, 0.6) is 0 Å². The van der Waals surface area contributed by atoms with E-state index in [4.69, 9.17) is 9.66 Å². The van der Waals surface area contributed by atoms with Crippen molar-refractivity contribution in [3.05, 3.63) is 17.2 Å². The molecule has 2 aromatic rings. The molecule has 0 aliphatic rings. The molecule has 1 aromatic carbocycles. The number of hydrogen-bond donors (Lipinski definition) is 3. The fraction of sp³-hybridized carbons (Fsp3) is 0.125. The molecular weight excluding hydrogens is 358 g/mol. The Bertz CT molecular complexity index is 724. The molecule has 8 nitrogen and oxygen atoms in total. The van der Waals surface area contributed by atoms with Crippen LogP contribution in [-0.4, -0.2) is 39.5 Å². The second kappa shape index (κ2) is 4.78. The quantitative estimate of drug-likeness (QED) is 0.512. The first-order chi connectivity index (χ1) is 7.82. The Morgan fingerprint density at radius 1 is 1.44 bits per heavy atom. The van der Waals surface area contributed by atoms with Gasteiger partial charge < -0.3 is 5.11 Å². The fourth-order valence-corrected chi connectivity index (χ4v) is 2.30. The maximum absolute atomic E-state index is 11.1. The average molecular weight is 365 g/mol. The van der Waals surface area contributed by atoms with Gasteiger partial charge in [-0.15, -0.1) is 5.10 Å². The van der Waals surface area contributed by atoms with Gasteiger partial charge in [0.15, 0.2) is 0 Å². The van der Waals surface area contributed by atoms with Crippen molar-refractivity contribution >= 4 is 27.1 Å². The van der Waals surface area contributed by atoms with Crippen LogP contribution < -0.4 is 0 Å². The van der Waals surface area contributed by atoms with E-state index in [-0.39, 0.29) is 44.5 Å². The van der Waals surface area contributed by atoms with Gasteiger partial charge in [-0.05, 0) is 18.6 Å². The smallest absolute Gasteiger partial charge is 0.338 e. The number of aromatic carboxylic acids is 1. The summed E-state index contributed by atoms with van der Waals surface area (Å²) in [6, 6.07) is 1.06. The number of H-pyrrole nitrogens is 1. The monoisotopic (exact) mass is 364 g/mol. The molecule has 2 rings (SSSR count). The molecule has 0 aliphatic carbocycles. The van der Waals surface area contributed by atoms with Gasteiger partial charge >= 0.3 is 5.97 Å². The predicted octanol–water partition coefficient (Wildman–Crippen LogP) is 0.209. The summed E-state index contributed by atoms with van der Waals surface area (Å²) in [7, 11) is -4.47. The number of aromatic nitrogens is 3. The van der Waals surface area contributed by atoms with Crippen molar-refractivity contribution in [1.29, 1.82) is 0 Å². The molecular formula is C8H7AgN3O5S. The molecule has 0 aliphatic heterocycles. The molecule has 0 amide bonds. The summed E-state index contributed by atoms with van der Waals surface area (Å²) in [6.07, 6.45) is 0. The molecule has 0 saturated heterocycles. The number of carboxylic acid groups (broad SMARTS) is 1. The van der Waals surface area contributed by atoms with E-state index in [2.05, 4.69) is 15.4 Å². The second-order valence-electron chi connectivity index (χ2n) is 3.38. The van der Waals surface area contributed by atoms with Crippen molar-refractivity contribution in [2.45, 2.75) is 11.8 Å². The summed E-state index contributed by atoms with van der Waals surface area (Å²) < 4.78 is 31.2. The SMILES string of the molecule is Cc1cc(S(=O)(=O)O)c2[nH]nnc2c1C(=O)O.[Ag]. The minimum absolute atomic E-state index is 0. The van der Waals surface area contributed by atoms with Crippen LogP contribution in [0.25, 0.3) is 11.0 Å². The van der Waals surface area contributed by atoms with Gasteiger partial charge in [0.05, 0.1) is 5.56 Å². The summed E-state index contributed by atoms with van der Waals surface area (Å²) >= 11 is 0. The van der Waals surface area contributed by atoms with Crippen LogP contribution in [0.3, 0.4) is 0 Å². The van der Waals surface area contributed by atoms with Crippen LogP contribution in [0.4, 0.5) is 0 Å². The van der Waals surface area contributed by atoms with E-state index in [9.17, 15) is 13.2 Å². The predicted molar refractivity (Wildman–Crippen MR) is 55.4 cm³/mol. The number of rotatable bonds is 2. The van der Waals surface area contributed by atoms with E-state index in [0.29, 0.717) is 0 Å². The third kappa shape index (κ3) is 2.31. The van der Waals surface area contributed by atoms with Crippen LogP contribution in [0, 0.1) is 6.92 Å². The average Bonchev–Trinajstić information content (AvgIpc) is 2.61. The number of aromatic amines is 1. The number of fused-ring (bicyclic) bond motifs is 1. The molecule has 0 fully saturated rings. The van der Waals surface area contributed by atoms with Crippen LogP contribution in [0.15, 0.2) is 11.0 Å². The van der Waals surface area contributed by atoms with Crippen molar-refractivity contribution < 1.29 is 45.3 Å². The third-order valence-corrected chi connectivity index (χ3v) is 3.14. The van der Waals surface area contributed by atoms with Gasteiger partial charge in [-0.2, -0.15) is 8.42 Å². The maximum Gasteiger partial charge on any atom is 0.338 e. The molecule has 0 unspecified atom stereocenters. The largest absolute Gasteiger partial charge is 0.478 e. The van der Waals surface area contributed by atoms with E-state index in [1.54, 1.807) is 0 Å². The molecule has 0 bridgehead atoms. The van der Waals surface area contributed by atoms with E-state index in [0.717, 1.165) is 6.07 Å². The van der Waals surface area contributed by atoms with E-state index in [1.165, 1.54) is 6.92 Å². The number of nitrogens with zero attached hydrogens (tertiary/aromatic N) is 2. The Hall–Kier alpha value is -1.26. The fourth-order valence-electron chi connectivity index (χ4n) is 1.58. The van der Waals surface area contributed by atoms with Gasteiger partial charge in [0.25, 0.3) is 10.1 Å². The summed E-state index contributed by atoms with van der Waals surface area (Å²) in [5.74, 6) is -1.25. The molecule has 10 heteroatoms. The van der Waals surface area contributed by atoms with Crippen LogP contribution >= 0.6 is 0 Å². The zero-order valence-corrected chi connectivity index (χ0v) is 11.1. The van der Waals surface area contributed by atoms with Gasteiger partial charge in [-0.1, -0.05) is 5.21 Å². The Balaban J connectivity index is 0.00000162. The number of aryl methyl sites for hydroxylation is 1. The molecule has 0 saturated carbocycles. The molecule has 0 atom stereocenters. The van der Waals surface area contributed by atoms with Gasteiger partial charge in [-0.25, -0.2) is 4.79 Å². The number of carbonyl (C=O) groups is 1. The first-order valence-corrected chi connectivity index (χ1v) is 5.81. The van der Waals surface area contributed by atoms with E-state index >= 15 is 0 Å². The first kappa shape index (κ1) is 14.8. The molecule has 1 heterocycles. The van der Waals surface area contributed by atoms with Gasteiger partial charge in [-0.3, -0.25) is 9.65 Å². The molecule has 1 radical (unpaired) electrons. The van der Waals surface area contributed by atoms with Crippen molar-refractivity contribution in [2.75, 3.05) is 0 Å². The topological polar surface area (TPSA) is 133 Å². The minimum Gasteiger partial charge on any atom is -0.478 e. The summed E-state index contributed by atoms with van der Waals surface area (Å²) in [4.78, 5) is 10.6. The van der Waals surface area contributed by atoms with Crippen molar-refractivity contribution in [2.24, 2.45) is 0 Å². The van der Waals surface area contributed by atoms with Crippen molar-refractivity contribution in [3.8, 4) is 0 Å². The molecule has 101 valence electrons.